The van der Waals surface area contributed by atoms with Crippen molar-refractivity contribution >= 4 is 35.6 Å². The van der Waals surface area contributed by atoms with Crippen molar-refractivity contribution in [1.82, 2.24) is 5.32 Å². The Hall–Kier alpha value is -4.79. The summed E-state index contributed by atoms with van der Waals surface area (Å²) in [6, 6.07) is 16.8. The molecule has 4 rings (SSSR count). The fraction of sp³-hybridized carbons (Fsp3) is 0.0400. The number of hydrogen-bond donors (Lipinski definition) is 2. The maximum atomic E-state index is 13.9. The lowest BCUT2D eigenvalue weighted by Gasteiger charge is -2.26. The van der Waals surface area contributed by atoms with Gasteiger partial charge in [0, 0.05) is 11.1 Å². The van der Waals surface area contributed by atoms with Gasteiger partial charge in [-0.3, -0.25) is 14.9 Å². The minimum atomic E-state index is -1.16. The second-order valence-corrected chi connectivity index (χ2v) is 7.23. The van der Waals surface area contributed by atoms with Gasteiger partial charge in [-0.15, -0.1) is 0 Å². The van der Waals surface area contributed by atoms with Gasteiger partial charge in [0.25, 0.3) is 11.8 Å². The van der Waals surface area contributed by atoms with E-state index in [1.54, 1.807) is 42.5 Å². The summed E-state index contributed by atoms with van der Waals surface area (Å²) in [5, 5.41) is 11.1. The highest BCUT2D eigenvalue weighted by molar-refractivity contribution is 6.39. The molecule has 1 aliphatic rings. The maximum absolute atomic E-state index is 13.9. The molecule has 3 aromatic rings. The van der Waals surface area contributed by atoms with Crippen LogP contribution in [-0.4, -0.2) is 28.9 Å². The van der Waals surface area contributed by atoms with E-state index in [1.165, 1.54) is 36.4 Å². The Bertz CT molecular complexity index is 1330. The Morgan fingerprint density at radius 2 is 1.65 bits per heavy atom. The van der Waals surface area contributed by atoms with E-state index >= 15 is 0 Å². The van der Waals surface area contributed by atoms with E-state index in [9.17, 15) is 23.6 Å². The van der Waals surface area contributed by atoms with Gasteiger partial charge < -0.3 is 9.84 Å². The van der Waals surface area contributed by atoms with Crippen LogP contribution >= 0.6 is 0 Å². The van der Waals surface area contributed by atoms with Crippen LogP contribution < -0.4 is 15.0 Å². The molecule has 1 fully saturated rings. The van der Waals surface area contributed by atoms with Gasteiger partial charge in [0.1, 0.15) is 23.7 Å². The number of carbonyl (C=O) groups is 4. The van der Waals surface area contributed by atoms with Crippen molar-refractivity contribution in [2.24, 2.45) is 0 Å². The van der Waals surface area contributed by atoms with E-state index in [-0.39, 0.29) is 23.4 Å². The molecule has 1 aliphatic heterocycles. The number of halogens is 1. The number of nitrogens with one attached hydrogen (secondary N) is 1. The highest BCUT2D eigenvalue weighted by Gasteiger charge is 2.37. The number of ether oxygens (including phenoxy) is 1. The van der Waals surface area contributed by atoms with Crippen LogP contribution in [0.2, 0.25) is 0 Å². The van der Waals surface area contributed by atoms with Crippen molar-refractivity contribution in [1.29, 1.82) is 0 Å². The fourth-order valence-electron chi connectivity index (χ4n) is 3.30. The first-order valence-electron chi connectivity index (χ1n) is 10.0. The van der Waals surface area contributed by atoms with Gasteiger partial charge in [-0.2, -0.15) is 0 Å². The van der Waals surface area contributed by atoms with E-state index < -0.39 is 29.6 Å². The molecule has 8 nitrogen and oxygen atoms in total. The molecule has 9 heteroatoms. The number of rotatable bonds is 6. The van der Waals surface area contributed by atoms with Crippen LogP contribution in [0.3, 0.4) is 0 Å². The third kappa shape index (κ3) is 4.53. The first-order chi connectivity index (χ1) is 16.3. The Morgan fingerprint density at radius 1 is 0.971 bits per heavy atom. The van der Waals surface area contributed by atoms with Gasteiger partial charge in [0.15, 0.2) is 0 Å². The SMILES string of the molecule is O=C1NC(=O)N(c2ccc(C(=O)O)cc2)C(=O)/C1=C/c1ccccc1OCc1ccccc1F. The smallest absolute Gasteiger partial charge is 0.335 e. The molecule has 2 N–H and O–H groups in total. The monoisotopic (exact) mass is 460 g/mol. The van der Waals surface area contributed by atoms with Crippen molar-refractivity contribution in [2.75, 3.05) is 4.90 Å². The third-order valence-corrected chi connectivity index (χ3v) is 5.03. The summed E-state index contributed by atoms with van der Waals surface area (Å²) in [6.45, 7) is -0.0759. The van der Waals surface area contributed by atoms with Crippen molar-refractivity contribution in [3.8, 4) is 5.75 Å². The highest BCUT2D eigenvalue weighted by Crippen LogP contribution is 2.26. The van der Waals surface area contributed by atoms with Crippen LogP contribution in [0, 0.1) is 5.82 Å². The lowest BCUT2D eigenvalue weighted by molar-refractivity contribution is -0.122. The molecule has 1 saturated heterocycles. The van der Waals surface area contributed by atoms with Crippen LogP contribution in [0.5, 0.6) is 5.75 Å². The molecule has 0 bridgehead atoms. The number of hydrogen-bond acceptors (Lipinski definition) is 5. The van der Waals surface area contributed by atoms with Gasteiger partial charge in [0.05, 0.1) is 11.3 Å². The standard InChI is InChI=1S/C25H17FN2O6/c26-20-7-3-1-6-17(20)14-34-21-8-4-2-5-16(21)13-19-22(29)27-25(33)28(23(19)30)18-11-9-15(10-12-18)24(31)32/h1-13H,14H2,(H,31,32)(H,27,29,33)/b19-13+. The molecule has 0 aromatic heterocycles. The molecule has 0 aliphatic carbocycles. The number of carboxylic acids is 1. The summed E-state index contributed by atoms with van der Waals surface area (Å²) in [7, 11) is 0. The van der Waals surface area contributed by atoms with Crippen LogP contribution in [0.4, 0.5) is 14.9 Å². The average molecular weight is 460 g/mol. The number of para-hydroxylation sites is 1. The first-order valence-corrected chi connectivity index (χ1v) is 10.0. The molecule has 170 valence electrons. The number of carbonyl (C=O) groups excluding carboxylic acids is 3. The van der Waals surface area contributed by atoms with Crippen LogP contribution in [0.1, 0.15) is 21.5 Å². The number of nitrogens with zero attached hydrogens (tertiary/aromatic N) is 1. The number of urea groups is 1. The number of imide groups is 2. The Morgan fingerprint density at radius 3 is 2.35 bits per heavy atom. The Kier molecular flexibility index (Phi) is 6.18. The summed E-state index contributed by atoms with van der Waals surface area (Å²) in [4.78, 5) is 49.7. The molecule has 1 heterocycles. The molecule has 3 aromatic carbocycles. The highest BCUT2D eigenvalue weighted by atomic mass is 19.1. The number of anilines is 1. The molecular weight excluding hydrogens is 443 g/mol. The number of carboxylic acid groups (broad SMARTS) is 1. The normalized spacial score (nSPS) is 14.8. The fourth-order valence-corrected chi connectivity index (χ4v) is 3.30. The van der Waals surface area contributed by atoms with E-state index in [4.69, 9.17) is 9.84 Å². The summed E-state index contributed by atoms with van der Waals surface area (Å²) < 4.78 is 19.6. The minimum Gasteiger partial charge on any atom is -0.488 e. The zero-order chi connectivity index (χ0) is 24.2. The minimum absolute atomic E-state index is 0.0265. The largest absolute Gasteiger partial charge is 0.488 e. The van der Waals surface area contributed by atoms with E-state index in [2.05, 4.69) is 5.32 Å². The Labute approximate surface area is 192 Å². The average Bonchev–Trinajstić information content (AvgIpc) is 2.82. The van der Waals surface area contributed by atoms with Crippen molar-refractivity contribution in [2.45, 2.75) is 6.61 Å². The van der Waals surface area contributed by atoms with E-state index in [1.807, 2.05) is 0 Å². The van der Waals surface area contributed by atoms with Crippen LogP contribution in [-0.2, 0) is 16.2 Å². The van der Waals surface area contributed by atoms with Crippen molar-refractivity contribution in [3.05, 3.63) is 101 Å². The molecule has 4 amide bonds. The molecule has 0 atom stereocenters. The summed E-state index contributed by atoms with van der Waals surface area (Å²) in [5.74, 6) is -3.07. The quantitative estimate of drug-likeness (QED) is 0.428. The van der Waals surface area contributed by atoms with Gasteiger partial charge in [-0.05, 0) is 42.5 Å². The molecule has 0 radical (unpaired) electrons. The zero-order valence-corrected chi connectivity index (χ0v) is 17.5. The molecule has 0 unspecified atom stereocenters. The number of amides is 4. The van der Waals surface area contributed by atoms with Gasteiger partial charge in [0.2, 0.25) is 0 Å². The van der Waals surface area contributed by atoms with E-state index in [0.29, 0.717) is 16.9 Å². The predicted octanol–water partition coefficient (Wildman–Crippen LogP) is 3.77. The van der Waals surface area contributed by atoms with Crippen LogP contribution in [0.15, 0.2) is 78.4 Å². The first kappa shape index (κ1) is 22.4. The third-order valence-electron chi connectivity index (χ3n) is 5.03. The predicted molar refractivity (Wildman–Crippen MR) is 120 cm³/mol. The van der Waals surface area contributed by atoms with Crippen molar-refractivity contribution < 1.29 is 33.4 Å². The topological polar surface area (TPSA) is 113 Å². The van der Waals surface area contributed by atoms with Crippen molar-refractivity contribution in [3.63, 3.8) is 0 Å². The summed E-state index contributed by atoms with van der Waals surface area (Å²) >= 11 is 0. The molecule has 34 heavy (non-hydrogen) atoms. The van der Waals surface area contributed by atoms with Gasteiger partial charge in [-0.25, -0.2) is 18.9 Å². The number of benzene rings is 3. The molecule has 0 spiro atoms. The number of barbiturate groups is 1. The second kappa shape index (κ2) is 9.37. The number of aromatic carboxylic acids is 1. The van der Waals surface area contributed by atoms with E-state index in [0.717, 1.165) is 4.90 Å². The lowest BCUT2D eigenvalue weighted by Crippen LogP contribution is -2.54. The summed E-state index contributed by atoms with van der Waals surface area (Å²) in [5.41, 5.74) is 0.436. The summed E-state index contributed by atoms with van der Waals surface area (Å²) in [6.07, 6.45) is 1.28. The maximum Gasteiger partial charge on any atom is 0.335 e. The second-order valence-electron chi connectivity index (χ2n) is 7.23. The zero-order valence-electron chi connectivity index (χ0n) is 17.5. The van der Waals surface area contributed by atoms with Gasteiger partial charge >= 0.3 is 12.0 Å². The van der Waals surface area contributed by atoms with Gasteiger partial charge in [-0.1, -0.05) is 36.4 Å². The lowest BCUT2D eigenvalue weighted by atomic mass is 10.1. The molecular formula is C25H17FN2O6. The Balaban J connectivity index is 1.63. The van der Waals surface area contributed by atoms with Crippen LogP contribution in [0.25, 0.3) is 6.08 Å². The molecule has 0 saturated carbocycles.